The first-order valence-electron chi connectivity index (χ1n) is 6.68. The summed E-state index contributed by atoms with van der Waals surface area (Å²) in [4.78, 5) is 1.39. The molecule has 1 aliphatic rings. The Morgan fingerprint density at radius 1 is 1.56 bits per heavy atom. The molecule has 2 rings (SSSR count). The van der Waals surface area contributed by atoms with E-state index in [1.54, 1.807) is 11.3 Å². The summed E-state index contributed by atoms with van der Waals surface area (Å²) in [7, 11) is 0. The van der Waals surface area contributed by atoms with E-state index in [1.807, 2.05) is 0 Å². The van der Waals surface area contributed by atoms with Crippen LogP contribution in [0.3, 0.4) is 0 Å². The highest BCUT2D eigenvalue weighted by Crippen LogP contribution is 2.46. The van der Waals surface area contributed by atoms with E-state index in [4.69, 9.17) is 4.74 Å². The molecule has 0 spiro atoms. The summed E-state index contributed by atoms with van der Waals surface area (Å²) >= 11 is 5.30. The van der Waals surface area contributed by atoms with Gasteiger partial charge in [-0.1, -0.05) is 13.8 Å². The van der Waals surface area contributed by atoms with Crippen molar-refractivity contribution in [1.82, 2.24) is 5.32 Å². The Labute approximate surface area is 122 Å². The number of nitrogens with one attached hydrogen (secondary N) is 1. The molecule has 0 amide bonds. The Morgan fingerprint density at radius 2 is 2.33 bits per heavy atom. The Bertz CT molecular complexity index is 395. The van der Waals surface area contributed by atoms with Gasteiger partial charge in [0.15, 0.2) is 0 Å². The molecule has 4 heteroatoms. The minimum atomic E-state index is 0.296. The summed E-state index contributed by atoms with van der Waals surface area (Å²) in [5, 5.41) is 5.83. The second kappa shape index (κ2) is 6.04. The largest absolute Gasteiger partial charge is 0.378 e. The van der Waals surface area contributed by atoms with Crippen molar-refractivity contribution < 1.29 is 4.74 Å². The molecule has 1 saturated carbocycles. The van der Waals surface area contributed by atoms with Crippen LogP contribution in [-0.4, -0.2) is 18.8 Å². The van der Waals surface area contributed by atoms with E-state index < -0.39 is 0 Å². The molecule has 102 valence electrons. The zero-order valence-electron chi connectivity index (χ0n) is 11.3. The smallest absolute Gasteiger partial charge is 0.0658 e. The number of thiophene rings is 1. The SMILES string of the molecule is CCOC1CC(NCc2cc(Br)cs2)C1(C)CC. The first-order chi connectivity index (χ1) is 8.60. The number of hydrogen-bond donors (Lipinski definition) is 1. The summed E-state index contributed by atoms with van der Waals surface area (Å²) in [6.45, 7) is 8.49. The predicted octanol–water partition coefficient (Wildman–Crippen LogP) is 4.19. The van der Waals surface area contributed by atoms with Crippen molar-refractivity contribution in [2.45, 2.75) is 52.3 Å². The highest BCUT2D eigenvalue weighted by molar-refractivity contribution is 9.10. The highest BCUT2D eigenvalue weighted by Gasteiger charge is 2.50. The van der Waals surface area contributed by atoms with Crippen LogP contribution in [0.1, 0.15) is 38.5 Å². The van der Waals surface area contributed by atoms with E-state index in [0.29, 0.717) is 17.6 Å². The molecule has 3 unspecified atom stereocenters. The number of hydrogen-bond acceptors (Lipinski definition) is 3. The van der Waals surface area contributed by atoms with E-state index in [-0.39, 0.29) is 0 Å². The topological polar surface area (TPSA) is 21.3 Å². The van der Waals surface area contributed by atoms with Crippen LogP contribution in [-0.2, 0) is 11.3 Å². The van der Waals surface area contributed by atoms with Crippen molar-refractivity contribution in [3.8, 4) is 0 Å². The lowest BCUT2D eigenvalue weighted by molar-refractivity contribution is -0.126. The van der Waals surface area contributed by atoms with Gasteiger partial charge in [-0.3, -0.25) is 0 Å². The van der Waals surface area contributed by atoms with Gasteiger partial charge < -0.3 is 10.1 Å². The Morgan fingerprint density at radius 3 is 2.89 bits per heavy atom. The van der Waals surface area contributed by atoms with Gasteiger partial charge in [-0.15, -0.1) is 11.3 Å². The van der Waals surface area contributed by atoms with Gasteiger partial charge in [-0.05, 0) is 41.8 Å². The lowest BCUT2D eigenvalue weighted by Crippen LogP contribution is -2.61. The lowest BCUT2D eigenvalue weighted by Gasteiger charge is -2.53. The van der Waals surface area contributed by atoms with E-state index in [0.717, 1.165) is 19.6 Å². The molecular weight excluding hydrogens is 310 g/mol. The molecule has 1 aromatic rings. The number of rotatable bonds is 6. The van der Waals surface area contributed by atoms with Gasteiger partial charge in [-0.25, -0.2) is 0 Å². The minimum absolute atomic E-state index is 0.296. The van der Waals surface area contributed by atoms with Crippen LogP contribution < -0.4 is 5.32 Å². The van der Waals surface area contributed by atoms with Gasteiger partial charge in [0, 0.05) is 39.3 Å². The van der Waals surface area contributed by atoms with Crippen molar-refractivity contribution >= 4 is 27.3 Å². The third-order valence-corrected chi connectivity index (χ3v) is 5.95. The van der Waals surface area contributed by atoms with Crippen LogP contribution in [0.5, 0.6) is 0 Å². The first-order valence-corrected chi connectivity index (χ1v) is 8.35. The Hall–Kier alpha value is 0.1000. The molecule has 2 nitrogen and oxygen atoms in total. The van der Waals surface area contributed by atoms with Gasteiger partial charge in [0.25, 0.3) is 0 Å². The molecule has 1 aromatic heterocycles. The van der Waals surface area contributed by atoms with Crippen molar-refractivity contribution in [1.29, 1.82) is 0 Å². The predicted molar refractivity (Wildman–Crippen MR) is 81.1 cm³/mol. The molecule has 1 fully saturated rings. The van der Waals surface area contributed by atoms with Crippen LogP contribution >= 0.6 is 27.3 Å². The zero-order chi connectivity index (χ0) is 13.2. The van der Waals surface area contributed by atoms with E-state index in [9.17, 15) is 0 Å². The van der Waals surface area contributed by atoms with E-state index in [2.05, 4.69) is 53.5 Å². The highest BCUT2D eigenvalue weighted by atomic mass is 79.9. The summed E-state index contributed by atoms with van der Waals surface area (Å²) in [5.74, 6) is 0. The molecule has 0 saturated heterocycles. The molecule has 0 aliphatic heterocycles. The summed E-state index contributed by atoms with van der Waals surface area (Å²) in [6, 6.07) is 2.78. The van der Waals surface area contributed by atoms with Crippen LogP contribution in [0.2, 0.25) is 0 Å². The summed E-state index contributed by atoms with van der Waals surface area (Å²) in [6.07, 6.45) is 2.74. The Kier molecular flexibility index (Phi) is 4.86. The molecule has 0 bridgehead atoms. The second-order valence-corrected chi connectivity index (χ2v) is 7.12. The lowest BCUT2D eigenvalue weighted by atomic mass is 9.61. The minimum Gasteiger partial charge on any atom is -0.378 e. The fourth-order valence-corrected chi connectivity index (χ4v) is 4.14. The molecule has 0 radical (unpaired) electrons. The van der Waals surface area contributed by atoms with Gasteiger partial charge in [-0.2, -0.15) is 0 Å². The van der Waals surface area contributed by atoms with Gasteiger partial charge in [0.05, 0.1) is 6.10 Å². The molecule has 1 N–H and O–H groups in total. The van der Waals surface area contributed by atoms with Crippen LogP contribution in [0.4, 0.5) is 0 Å². The monoisotopic (exact) mass is 331 g/mol. The van der Waals surface area contributed by atoms with Gasteiger partial charge in [0.1, 0.15) is 0 Å². The molecule has 1 heterocycles. The maximum absolute atomic E-state index is 5.83. The van der Waals surface area contributed by atoms with E-state index in [1.165, 1.54) is 15.8 Å². The van der Waals surface area contributed by atoms with Crippen molar-refractivity contribution in [3.63, 3.8) is 0 Å². The van der Waals surface area contributed by atoms with Crippen molar-refractivity contribution in [2.75, 3.05) is 6.61 Å². The molecule has 3 atom stereocenters. The molecule has 18 heavy (non-hydrogen) atoms. The maximum Gasteiger partial charge on any atom is 0.0658 e. The zero-order valence-corrected chi connectivity index (χ0v) is 13.7. The molecule has 1 aliphatic carbocycles. The van der Waals surface area contributed by atoms with Crippen LogP contribution in [0.15, 0.2) is 15.9 Å². The van der Waals surface area contributed by atoms with Gasteiger partial charge >= 0.3 is 0 Å². The Balaban J connectivity index is 1.87. The first kappa shape index (κ1) is 14.5. The summed E-state index contributed by atoms with van der Waals surface area (Å²) < 4.78 is 7.01. The fourth-order valence-electron chi connectivity index (χ4n) is 2.74. The maximum atomic E-state index is 5.83. The normalized spacial score (nSPS) is 31.3. The van der Waals surface area contributed by atoms with E-state index >= 15 is 0 Å². The second-order valence-electron chi connectivity index (χ2n) is 5.20. The standard InChI is InChI=1S/C14H22BrNOS/c1-4-14(3)12(7-13(14)17-5-2)16-8-11-6-10(15)9-18-11/h6,9,12-13,16H,4-5,7-8H2,1-3H3. The quantitative estimate of drug-likeness (QED) is 0.843. The third kappa shape index (κ3) is 2.82. The summed E-state index contributed by atoms with van der Waals surface area (Å²) in [5.41, 5.74) is 0.296. The van der Waals surface area contributed by atoms with Gasteiger partial charge in [0.2, 0.25) is 0 Å². The average molecular weight is 332 g/mol. The number of ether oxygens (including phenoxy) is 1. The fraction of sp³-hybridized carbons (Fsp3) is 0.714. The number of halogens is 1. The third-order valence-electron chi connectivity index (χ3n) is 4.26. The molecular formula is C14H22BrNOS. The molecule has 0 aromatic carbocycles. The van der Waals surface area contributed by atoms with Crippen molar-refractivity contribution in [3.05, 3.63) is 20.8 Å². The van der Waals surface area contributed by atoms with Crippen molar-refractivity contribution in [2.24, 2.45) is 5.41 Å². The van der Waals surface area contributed by atoms with Crippen LogP contribution in [0.25, 0.3) is 0 Å². The average Bonchev–Trinajstić information content (AvgIpc) is 2.77. The van der Waals surface area contributed by atoms with Crippen LogP contribution in [0, 0.1) is 5.41 Å².